The van der Waals surface area contributed by atoms with Gasteiger partial charge >= 0.3 is 12.0 Å². The highest BCUT2D eigenvalue weighted by Crippen LogP contribution is 2.07. The zero-order valence-corrected chi connectivity index (χ0v) is 11.1. The average Bonchev–Trinajstić information content (AvgIpc) is 2.24. The number of carbonyl (C=O) groups is 2. The Labute approximate surface area is 103 Å². The van der Waals surface area contributed by atoms with Gasteiger partial charge in [-0.05, 0) is 19.3 Å². The number of nitrogens with one attached hydrogen (secondary N) is 2. The molecule has 3 atom stereocenters. The molecule has 0 fully saturated rings. The molecule has 0 aromatic rings. The molecule has 0 aliphatic carbocycles. The number of aliphatic carboxylic acids is 1. The minimum absolute atomic E-state index is 0.0615. The summed E-state index contributed by atoms with van der Waals surface area (Å²) in [5.41, 5.74) is 0. The van der Waals surface area contributed by atoms with Crippen molar-refractivity contribution < 1.29 is 14.7 Å². The van der Waals surface area contributed by atoms with E-state index < -0.39 is 18.0 Å². The van der Waals surface area contributed by atoms with Crippen LogP contribution < -0.4 is 10.6 Å². The van der Waals surface area contributed by atoms with Crippen LogP contribution in [0.5, 0.6) is 0 Å². The molecular weight excluding hydrogens is 220 g/mol. The maximum atomic E-state index is 11.6. The van der Waals surface area contributed by atoms with Crippen LogP contribution in [0.2, 0.25) is 0 Å². The predicted molar refractivity (Wildman–Crippen MR) is 66.9 cm³/mol. The fourth-order valence-corrected chi connectivity index (χ4v) is 1.59. The maximum Gasteiger partial charge on any atom is 0.326 e. The first-order chi connectivity index (χ1) is 7.92. The van der Waals surface area contributed by atoms with Gasteiger partial charge in [0.15, 0.2) is 0 Å². The lowest BCUT2D eigenvalue weighted by Crippen LogP contribution is -2.50. The van der Waals surface area contributed by atoms with Crippen LogP contribution in [0.15, 0.2) is 0 Å². The summed E-state index contributed by atoms with van der Waals surface area (Å²) in [5, 5.41) is 14.3. The van der Waals surface area contributed by atoms with Gasteiger partial charge in [0.2, 0.25) is 0 Å². The summed E-state index contributed by atoms with van der Waals surface area (Å²) in [7, 11) is 0. The summed E-state index contributed by atoms with van der Waals surface area (Å²) < 4.78 is 0. The van der Waals surface area contributed by atoms with Crippen LogP contribution in [0.4, 0.5) is 4.79 Å². The third kappa shape index (κ3) is 6.14. The number of carboxylic acid groups (broad SMARTS) is 1. The van der Waals surface area contributed by atoms with Gasteiger partial charge < -0.3 is 15.7 Å². The van der Waals surface area contributed by atoms with Gasteiger partial charge in [-0.3, -0.25) is 0 Å². The van der Waals surface area contributed by atoms with Gasteiger partial charge in [-0.15, -0.1) is 0 Å². The van der Waals surface area contributed by atoms with E-state index in [1.54, 1.807) is 0 Å². The van der Waals surface area contributed by atoms with E-state index in [-0.39, 0.29) is 12.0 Å². The van der Waals surface area contributed by atoms with Crippen LogP contribution >= 0.6 is 0 Å². The third-order valence-electron chi connectivity index (χ3n) is 2.86. The zero-order valence-electron chi connectivity index (χ0n) is 11.1. The number of carboxylic acids is 1. The standard InChI is InChI=1S/C12H24N2O3/c1-5-7-9(4)13-12(17)14-10(11(15)16)8(3)6-2/h8-10H,5-7H2,1-4H3,(H,15,16)(H2,13,14,17)/t8?,9?,10-/m0/s1. The number of hydrogen-bond acceptors (Lipinski definition) is 2. The topological polar surface area (TPSA) is 78.4 Å². The quantitative estimate of drug-likeness (QED) is 0.640. The first-order valence-corrected chi connectivity index (χ1v) is 6.22. The fourth-order valence-electron chi connectivity index (χ4n) is 1.59. The third-order valence-corrected chi connectivity index (χ3v) is 2.86. The minimum Gasteiger partial charge on any atom is -0.480 e. The van der Waals surface area contributed by atoms with Crippen LogP contribution in [-0.4, -0.2) is 29.2 Å². The average molecular weight is 244 g/mol. The van der Waals surface area contributed by atoms with Gasteiger partial charge in [-0.2, -0.15) is 0 Å². The SMILES string of the molecule is CCCC(C)NC(=O)N[C@H](C(=O)O)C(C)CC. The number of amides is 2. The van der Waals surface area contributed by atoms with Gasteiger partial charge in [0.05, 0.1) is 0 Å². The summed E-state index contributed by atoms with van der Waals surface area (Å²) in [4.78, 5) is 22.6. The largest absolute Gasteiger partial charge is 0.480 e. The van der Waals surface area contributed by atoms with Crippen molar-refractivity contribution in [3.63, 3.8) is 0 Å². The smallest absolute Gasteiger partial charge is 0.326 e. The summed E-state index contributed by atoms with van der Waals surface area (Å²) in [6.45, 7) is 7.66. The molecule has 17 heavy (non-hydrogen) atoms. The highest BCUT2D eigenvalue weighted by atomic mass is 16.4. The van der Waals surface area contributed by atoms with Gasteiger partial charge in [0.1, 0.15) is 6.04 Å². The Kier molecular flexibility index (Phi) is 7.34. The number of carbonyl (C=O) groups excluding carboxylic acids is 1. The number of hydrogen-bond donors (Lipinski definition) is 3. The Hall–Kier alpha value is -1.26. The lowest BCUT2D eigenvalue weighted by atomic mass is 9.99. The van der Waals surface area contributed by atoms with Gasteiger partial charge in [0.25, 0.3) is 0 Å². The van der Waals surface area contributed by atoms with Crippen molar-refractivity contribution >= 4 is 12.0 Å². The van der Waals surface area contributed by atoms with E-state index in [0.29, 0.717) is 6.42 Å². The summed E-state index contributed by atoms with van der Waals surface area (Å²) in [6.07, 6.45) is 2.57. The molecule has 0 aromatic heterocycles. The monoisotopic (exact) mass is 244 g/mol. The Morgan fingerprint density at radius 3 is 2.18 bits per heavy atom. The predicted octanol–water partition coefficient (Wildman–Crippen LogP) is 1.97. The van der Waals surface area contributed by atoms with Crippen molar-refractivity contribution in [3.05, 3.63) is 0 Å². The number of urea groups is 1. The minimum atomic E-state index is -0.988. The molecule has 0 bridgehead atoms. The highest BCUT2D eigenvalue weighted by Gasteiger charge is 2.25. The summed E-state index contributed by atoms with van der Waals surface area (Å²) in [6, 6.07) is -1.17. The first kappa shape index (κ1) is 15.7. The van der Waals surface area contributed by atoms with Crippen LogP contribution in [-0.2, 0) is 4.79 Å². The molecule has 5 heteroatoms. The van der Waals surface area contributed by atoms with Gasteiger partial charge in [0, 0.05) is 6.04 Å². The molecule has 0 radical (unpaired) electrons. The molecule has 0 saturated heterocycles. The maximum absolute atomic E-state index is 11.6. The molecule has 0 aromatic carbocycles. The normalized spacial score (nSPS) is 15.8. The molecule has 100 valence electrons. The van der Waals surface area contributed by atoms with Crippen molar-refractivity contribution in [2.45, 2.75) is 59.0 Å². The second-order valence-corrected chi connectivity index (χ2v) is 4.51. The van der Waals surface area contributed by atoms with Gasteiger partial charge in [-0.25, -0.2) is 9.59 Å². The molecule has 0 aliphatic rings. The fraction of sp³-hybridized carbons (Fsp3) is 0.833. The van der Waals surface area contributed by atoms with Crippen LogP contribution in [0.3, 0.4) is 0 Å². The van der Waals surface area contributed by atoms with Crippen molar-refractivity contribution in [2.24, 2.45) is 5.92 Å². The van der Waals surface area contributed by atoms with Crippen molar-refractivity contribution in [2.75, 3.05) is 0 Å². The molecule has 0 heterocycles. The number of rotatable bonds is 7. The summed E-state index contributed by atoms with van der Waals surface area (Å²) in [5.74, 6) is -1.07. The van der Waals surface area contributed by atoms with Crippen molar-refractivity contribution in [1.29, 1.82) is 0 Å². The molecule has 0 saturated carbocycles. The Balaban J connectivity index is 4.27. The lowest BCUT2D eigenvalue weighted by Gasteiger charge is -2.22. The Morgan fingerprint density at radius 2 is 1.76 bits per heavy atom. The van der Waals surface area contributed by atoms with Crippen LogP contribution in [0.25, 0.3) is 0 Å². The second-order valence-electron chi connectivity index (χ2n) is 4.51. The molecular formula is C12H24N2O3. The van der Waals surface area contributed by atoms with Gasteiger partial charge in [-0.1, -0.05) is 33.6 Å². The van der Waals surface area contributed by atoms with E-state index in [0.717, 1.165) is 12.8 Å². The molecule has 2 unspecified atom stereocenters. The highest BCUT2D eigenvalue weighted by molar-refractivity contribution is 5.82. The Bertz CT molecular complexity index is 256. The zero-order chi connectivity index (χ0) is 13.4. The van der Waals surface area contributed by atoms with Crippen LogP contribution in [0.1, 0.15) is 47.0 Å². The van der Waals surface area contributed by atoms with E-state index in [9.17, 15) is 9.59 Å². The molecule has 3 N–H and O–H groups in total. The molecule has 5 nitrogen and oxygen atoms in total. The summed E-state index contributed by atoms with van der Waals surface area (Å²) >= 11 is 0. The molecule has 2 amide bonds. The van der Waals surface area contributed by atoms with Crippen molar-refractivity contribution in [3.8, 4) is 0 Å². The Morgan fingerprint density at radius 1 is 1.18 bits per heavy atom. The van der Waals surface area contributed by atoms with E-state index in [4.69, 9.17) is 5.11 Å². The molecule has 0 aliphatic heterocycles. The van der Waals surface area contributed by atoms with Crippen LogP contribution in [0, 0.1) is 5.92 Å². The lowest BCUT2D eigenvalue weighted by molar-refractivity contribution is -0.140. The molecule has 0 rings (SSSR count). The first-order valence-electron chi connectivity index (χ1n) is 6.22. The van der Waals surface area contributed by atoms with E-state index >= 15 is 0 Å². The van der Waals surface area contributed by atoms with Crippen molar-refractivity contribution in [1.82, 2.24) is 10.6 Å². The van der Waals surface area contributed by atoms with E-state index in [1.807, 2.05) is 27.7 Å². The second kappa shape index (κ2) is 7.92. The molecule has 0 spiro atoms. The van der Waals surface area contributed by atoms with E-state index in [2.05, 4.69) is 10.6 Å². The van der Waals surface area contributed by atoms with E-state index in [1.165, 1.54) is 0 Å².